The number of rotatable bonds is 0. The highest BCUT2D eigenvalue weighted by molar-refractivity contribution is 7.99. The molecule has 1 fully saturated rings. The minimum absolute atomic E-state index is 1.29. The summed E-state index contributed by atoms with van der Waals surface area (Å²) in [7, 11) is 0. The molecule has 1 aliphatic rings. The quantitative estimate of drug-likeness (QED) is 0.444. The monoisotopic (exact) mass is 104 g/mol. The Hall–Kier alpha value is 0.310. The summed E-state index contributed by atoms with van der Waals surface area (Å²) in [4.78, 5) is 0. The summed E-state index contributed by atoms with van der Waals surface area (Å²) >= 11 is 2.04. The van der Waals surface area contributed by atoms with Gasteiger partial charge >= 0.3 is 0 Å². The minimum Gasteiger partial charge on any atom is -0.338 e. The van der Waals surface area contributed by atoms with Gasteiger partial charge in [-0.2, -0.15) is 0 Å². The van der Waals surface area contributed by atoms with Crippen LogP contribution in [0.3, 0.4) is 0 Å². The van der Waals surface area contributed by atoms with E-state index in [0.29, 0.717) is 0 Å². The summed E-state index contributed by atoms with van der Waals surface area (Å²) in [6.45, 7) is 1.35. The predicted octanol–water partition coefficient (Wildman–Crippen LogP) is -0.356. The second-order valence-corrected chi connectivity index (χ2v) is 2.66. The first kappa shape index (κ1) is 4.47. The molecule has 2 heteroatoms. The van der Waals surface area contributed by atoms with E-state index in [-0.39, 0.29) is 0 Å². The lowest BCUT2D eigenvalue weighted by atomic mass is 10.5. The number of hydrogen-bond acceptors (Lipinski definition) is 1. The molecular formula is C4H10NS+. The molecule has 0 aliphatic carbocycles. The van der Waals surface area contributed by atoms with E-state index < -0.39 is 0 Å². The van der Waals surface area contributed by atoms with Crippen LogP contribution >= 0.6 is 11.8 Å². The Labute approximate surface area is 42.5 Å². The summed E-state index contributed by atoms with van der Waals surface area (Å²) in [5, 5.41) is 2.36. The van der Waals surface area contributed by atoms with Gasteiger partial charge in [0.25, 0.3) is 0 Å². The molecule has 0 saturated carbocycles. The molecule has 2 N–H and O–H groups in total. The van der Waals surface area contributed by atoms with E-state index in [0.717, 1.165) is 0 Å². The summed E-state index contributed by atoms with van der Waals surface area (Å²) in [6, 6.07) is 0. The van der Waals surface area contributed by atoms with Crippen LogP contribution in [-0.2, 0) is 0 Å². The number of quaternary nitrogens is 1. The Balaban J connectivity index is 2.00. The Kier molecular flexibility index (Phi) is 1.85. The first-order valence-corrected chi connectivity index (χ1v) is 3.55. The van der Waals surface area contributed by atoms with E-state index >= 15 is 0 Å². The van der Waals surface area contributed by atoms with Crippen molar-refractivity contribution in [3.05, 3.63) is 0 Å². The van der Waals surface area contributed by atoms with Gasteiger partial charge in [-0.05, 0) is 0 Å². The molecule has 0 aromatic heterocycles. The van der Waals surface area contributed by atoms with Crippen molar-refractivity contribution in [2.24, 2.45) is 0 Å². The van der Waals surface area contributed by atoms with Crippen molar-refractivity contribution >= 4 is 11.8 Å². The standard InChI is InChI=1S/C4H9NS/c1-2-5-4-6-3-1/h5H,1-4H2/p+1. The molecular weight excluding hydrogens is 94.1 g/mol. The molecule has 0 radical (unpaired) electrons. The van der Waals surface area contributed by atoms with Gasteiger partial charge in [0.05, 0.1) is 6.54 Å². The van der Waals surface area contributed by atoms with Crippen molar-refractivity contribution in [1.29, 1.82) is 0 Å². The summed E-state index contributed by atoms with van der Waals surface area (Å²) in [5.74, 6) is 2.68. The molecule has 0 spiro atoms. The predicted molar refractivity (Wildman–Crippen MR) is 28.7 cm³/mol. The fraction of sp³-hybridized carbons (Fsp3) is 1.00. The van der Waals surface area contributed by atoms with Crippen LogP contribution in [0.25, 0.3) is 0 Å². The summed E-state index contributed by atoms with van der Waals surface area (Å²) in [6.07, 6.45) is 1.41. The van der Waals surface area contributed by atoms with Gasteiger partial charge in [0.15, 0.2) is 0 Å². The lowest BCUT2D eigenvalue weighted by Gasteiger charge is -2.05. The molecule has 6 heavy (non-hydrogen) atoms. The highest BCUT2D eigenvalue weighted by atomic mass is 32.2. The first-order chi connectivity index (χ1) is 3.00. The molecule has 0 aromatic carbocycles. The summed E-state index contributed by atoms with van der Waals surface area (Å²) in [5.41, 5.74) is 0. The molecule has 1 nitrogen and oxygen atoms in total. The third-order valence-corrected chi connectivity index (χ3v) is 1.98. The molecule has 0 bridgehead atoms. The first-order valence-electron chi connectivity index (χ1n) is 2.39. The van der Waals surface area contributed by atoms with Crippen molar-refractivity contribution in [2.75, 3.05) is 18.2 Å². The van der Waals surface area contributed by atoms with E-state index in [1.165, 1.54) is 24.6 Å². The second kappa shape index (κ2) is 2.48. The number of nitrogens with two attached hydrogens (primary N) is 1. The maximum Gasteiger partial charge on any atom is 0.122 e. The zero-order valence-electron chi connectivity index (χ0n) is 3.81. The van der Waals surface area contributed by atoms with E-state index in [9.17, 15) is 0 Å². The largest absolute Gasteiger partial charge is 0.338 e. The molecule has 1 saturated heterocycles. The van der Waals surface area contributed by atoms with Crippen LogP contribution in [0.1, 0.15) is 6.42 Å². The van der Waals surface area contributed by atoms with Crippen LogP contribution < -0.4 is 5.32 Å². The third kappa shape index (κ3) is 1.19. The van der Waals surface area contributed by atoms with E-state index in [2.05, 4.69) is 5.32 Å². The van der Waals surface area contributed by atoms with Crippen LogP contribution in [0.2, 0.25) is 0 Å². The Morgan fingerprint density at radius 2 is 2.50 bits per heavy atom. The fourth-order valence-corrected chi connectivity index (χ4v) is 1.45. The smallest absolute Gasteiger partial charge is 0.122 e. The Bertz CT molecular complexity index is 23.0. The van der Waals surface area contributed by atoms with Crippen molar-refractivity contribution in [2.45, 2.75) is 6.42 Å². The molecule has 0 atom stereocenters. The zero-order chi connectivity index (χ0) is 4.24. The molecule has 36 valence electrons. The zero-order valence-corrected chi connectivity index (χ0v) is 4.63. The van der Waals surface area contributed by atoms with Gasteiger partial charge in [-0.25, -0.2) is 0 Å². The average molecular weight is 104 g/mol. The molecule has 1 heterocycles. The molecule has 0 aromatic rings. The van der Waals surface area contributed by atoms with Crippen LogP contribution in [-0.4, -0.2) is 18.2 Å². The minimum atomic E-state index is 1.29. The van der Waals surface area contributed by atoms with Crippen molar-refractivity contribution in [3.63, 3.8) is 0 Å². The van der Waals surface area contributed by atoms with Gasteiger partial charge in [0.2, 0.25) is 0 Å². The molecule has 0 amide bonds. The highest BCUT2D eigenvalue weighted by Crippen LogP contribution is 1.97. The van der Waals surface area contributed by atoms with Crippen LogP contribution in [0, 0.1) is 0 Å². The summed E-state index contributed by atoms with van der Waals surface area (Å²) < 4.78 is 0. The van der Waals surface area contributed by atoms with Crippen molar-refractivity contribution in [3.8, 4) is 0 Å². The van der Waals surface area contributed by atoms with Crippen LogP contribution in [0.4, 0.5) is 0 Å². The van der Waals surface area contributed by atoms with Gasteiger partial charge < -0.3 is 5.32 Å². The van der Waals surface area contributed by atoms with Crippen LogP contribution in [0.15, 0.2) is 0 Å². The van der Waals surface area contributed by atoms with Gasteiger partial charge in [-0.1, -0.05) is 0 Å². The van der Waals surface area contributed by atoms with Gasteiger partial charge in [0.1, 0.15) is 5.88 Å². The van der Waals surface area contributed by atoms with Gasteiger partial charge in [0, 0.05) is 12.2 Å². The number of hydrogen-bond donors (Lipinski definition) is 1. The third-order valence-electron chi connectivity index (χ3n) is 0.933. The van der Waals surface area contributed by atoms with E-state index in [4.69, 9.17) is 0 Å². The molecule has 0 unspecified atom stereocenters. The normalized spacial score (nSPS) is 24.0. The maximum atomic E-state index is 2.36. The lowest BCUT2D eigenvalue weighted by molar-refractivity contribution is -0.638. The lowest BCUT2D eigenvalue weighted by Crippen LogP contribution is -2.84. The maximum absolute atomic E-state index is 2.36. The van der Waals surface area contributed by atoms with Gasteiger partial charge in [-0.15, -0.1) is 11.8 Å². The van der Waals surface area contributed by atoms with Crippen LogP contribution in [0.5, 0.6) is 0 Å². The Morgan fingerprint density at radius 3 is 2.67 bits per heavy atom. The number of thioether (sulfide) groups is 1. The van der Waals surface area contributed by atoms with E-state index in [1.54, 1.807) is 0 Å². The second-order valence-electron chi connectivity index (χ2n) is 1.51. The molecule has 1 rings (SSSR count). The van der Waals surface area contributed by atoms with Gasteiger partial charge in [-0.3, -0.25) is 0 Å². The van der Waals surface area contributed by atoms with Crippen molar-refractivity contribution < 1.29 is 5.32 Å². The SMILES string of the molecule is C1C[NH2+]CSC1. The van der Waals surface area contributed by atoms with Crippen molar-refractivity contribution in [1.82, 2.24) is 0 Å². The topological polar surface area (TPSA) is 16.6 Å². The highest BCUT2D eigenvalue weighted by Gasteiger charge is 1.97. The molecule has 1 aliphatic heterocycles. The van der Waals surface area contributed by atoms with E-state index in [1.807, 2.05) is 11.8 Å². The average Bonchev–Trinajstić information content (AvgIpc) is 1.72. The Morgan fingerprint density at radius 1 is 1.50 bits per heavy atom. The fourth-order valence-electron chi connectivity index (χ4n) is 0.580.